The molecular formula is C19H14ClNO2. The van der Waals surface area contributed by atoms with E-state index in [4.69, 9.17) is 16.3 Å². The molecule has 114 valence electrons. The molecule has 0 spiro atoms. The number of hydrogen-bond acceptors (Lipinski definition) is 3. The smallest absolute Gasteiger partial charge is 0.219 e. The van der Waals surface area contributed by atoms with E-state index in [1.165, 1.54) is 0 Å². The highest BCUT2D eigenvalue weighted by atomic mass is 35.5. The Morgan fingerprint density at radius 2 is 1.65 bits per heavy atom. The maximum Gasteiger partial charge on any atom is 0.219 e. The molecule has 3 nitrogen and oxygen atoms in total. The Labute approximate surface area is 139 Å². The molecule has 4 heteroatoms. The molecule has 2 unspecified atom stereocenters. The molecule has 2 heterocycles. The van der Waals surface area contributed by atoms with Crippen LogP contribution in [-0.2, 0) is 0 Å². The number of fused-ring (bicyclic) bond motifs is 1. The molecule has 1 N–H and O–H groups in total. The van der Waals surface area contributed by atoms with Crippen LogP contribution in [0.1, 0.15) is 28.7 Å². The van der Waals surface area contributed by atoms with Gasteiger partial charge in [0.15, 0.2) is 0 Å². The van der Waals surface area contributed by atoms with E-state index in [-0.39, 0.29) is 17.8 Å². The number of hydrogen-bond donors (Lipinski definition) is 1. The van der Waals surface area contributed by atoms with E-state index in [1.54, 1.807) is 24.4 Å². The fourth-order valence-electron chi connectivity index (χ4n) is 3.07. The van der Waals surface area contributed by atoms with Gasteiger partial charge in [-0.05, 0) is 29.3 Å². The van der Waals surface area contributed by atoms with Crippen LogP contribution in [0.2, 0.25) is 5.02 Å². The van der Waals surface area contributed by atoms with E-state index in [0.29, 0.717) is 10.9 Å². The van der Waals surface area contributed by atoms with Crippen LogP contribution in [0.4, 0.5) is 0 Å². The van der Waals surface area contributed by atoms with E-state index in [0.717, 1.165) is 16.7 Å². The minimum atomic E-state index is -0.222. The van der Waals surface area contributed by atoms with Gasteiger partial charge in [0, 0.05) is 11.8 Å². The van der Waals surface area contributed by atoms with Crippen molar-refractivity contribution in [2.75, 3.05) is 0 Å². The maximum absolute atomic E-state index is 9.53. The number of ether oxygens (including phenoxy) is 1. The maximum atomic E-state index is 9.53. The van der Waals surface area contributed by atoms with Gasteiger partial charge in [-0.2, -0.15) is 0 Å². The summed E-state index contributed by atoms with van der Waals surface area (Å²) < 4.78 is 6.10. The van der Waals surface area contributed by atoms with Crippen LogP contribution in [0.25, 0.3) is 0 Å². The summed E-state index contributed by atoms with van der Waals surface area (Å²) in [5.74, 6) is 0.776. The molecule has 0 bridgehead atoms. The van der Waals surface area contributed by atoms with Crippen molar-refractivity contribution in [3.63, 3.8) is 0 Å². The molecule has 4 rings (SSSR count). The van der Waals surface area contributed by atoms with Gasteiger partial charge in [-0.15, -0.1) is 0 Å². The van der Waals surface area contributed by atoms with Gasteiger partial charge in [0.2, 0.25) is 5.88 Å². The summed E-state index contributed by atoms with van der Waals surface area (Å²) in [7, 11) is 0. The van der Waals surface area contributed by atoms with Crippen LogP contribution in [0, 0.1) is 0 Å². The van der Waals surface area contributed by atoms with Gasteiger partial charge in [0.05, 0.1) is 10.9 Å². The van der Waals surface area contributed by atoms with Crippen LogP contribution in [0.5, 0.6) is 11.6 Å². The van der Waals surface area contributed by atoms with Crippen LogP contribution in [0.3, 0.4) is 0 Å². The number of benzene rings is 2. The lowest BCUT2D eigenvalue weighted by molar-refractivity contribution is 0.215. The van der Waals surface area contributed by atoms with E-state index in [1.807, 2.05) is 30.3 Å². The second kappa shape index (κ2) is 5.60. The van der Waals surface area contributed by atoms with E-state index in [2.05, 4.69) is 17.1 Å². The zero-order valence-electron chi connectivity index (χ0n) is 12.2. The van der Waals surface area contributed by atoms with Crippen molar-refractivity contribution in [1.29, 1.82) is 0 Å². The second-order valence-corrected chi connectivity index (χ2v) is 5.94. The topological polar surface area (TPSA) is 42.4 Å². The molecule has 0 radical (unpaired) electrons. The predicted molar refractivity (Wildman–Crippen MR) is 89.0 cm³/mol. The van der Waals surface area contributed by atoms with E-state index < -0.39 is 0 Å². The van der Waals surface area contributed by atoms with Crippen molar-refractivity contribution in [2.45, 2.75) is 12.0 Å². The van der Waals surface area contributed by atoms with Crippen molar-refractivity contribution in [1.82, 2.24) is 4.98 Å². The van der Waals surface area contributed by atoms with Gasteiger partial charge in [-0.3, -0.25) is 0 Å². The third-order valence-corrected chi connectivity index (χ3v) is 4.46. The van der Waals surface area contributed by atoms with Gasteiger partial charge < -0.3 is 9.84 Å². The third-order valence-electron chi connectivity index (χ3n) is 4.13. The molecule has 0 fully saturated rings. The molecule has 2 aromatic carbocycles. The summed E-state index contributed by atoms with van der Waals surface area (Å²) in [5.41, 5.74) is 3.02. The van der Waals surface area contributed by atoms with E-state index in [9.17, 15) is 5.11 Å². The first-order valence-corrected chi connectivity index (χ1v) is 7.77. The summed E-state index contributed by atoms with van der Waals surface area (Å²) in [5, 5.41) is 10.2. The Hall–Kier alpha value is -2.52. The monoisotopic (exact) mass is 323 g/mol. The zero-order valence-corrected chi connectivity index (χ0v) is 12.9. The first-order valence-electron chi connectivity index (χ1n) is 7.39. The van der Waals surface area contributed by atoms with Gasteiger partial charge in [-0.25, -0.2) is 4.98 Å². The van der Waals surface area contributed by atoms with Crippen molar-refractivity contribution < 1.29 is 9.84 Å². The van der Waals surface area contributed by atoms with Crippen LogP contribution in [-0.4, -0.2) is 10.1 Å². The van der Waals surface area contributed by atoms with Crippen LogP contribution in [0.15, 0.2) is 66.9 Å². The number of nitrogens with zero attached hydrogens (tertiary/aromatic N) is 1. The number of phenols is 1. The van der Waals surface area contributed by atoms with Gasteiger partial charge >= 0.3 is 0 Å². The van der Waals surface area contributed by atoms with Crippen LogP contribution < -0.4 is 4.74 Å². The molecule has 1 aromatic heterocycles. The molecule has 0 amide bonds. The van der Waals surface area contributed by atoms with Crippen molar-refractivity contribution in [2.24, 2.45) is 0 Å². The van der Waals surface area contributed by atoms with Gasteiger partial charge in [0.25, 0.3) is 0 Å². The first kappa shape index (κ1) is 14.1. The number of phenolic OH excluding ortho intramolecular Hbond substituents is 1. The highest BCUT2D eigenvalue weighted by Crippen LogP contribution is 2.50. The molecule has 0 saturated heterocycles. The van der Waals surface area contributed by atoms with Crippen molar-refractivity contribution >= 4 is 11.6 Å². The standard InChI is InChI=1S/C19H14ClNO2/c20-15-10-11-21-19-17(15)16(12-4-2-1-3-5-12)18(23-19)13-6-8-14(22)9-7-13/h1-11,16,18,22H. The summed E-state index contributed by atoms with van der Waals surface area (Å²) in [4.78, 5) is 4.33. The third kappa shape index (κ3) is 2.43. The zero-order chi connectivity index (χ0) is 15.8. The lowest BCUT2D eigenvalue weighted by atomic mass is 9.86. The predicted octanol–water partition coefficient (Wildman–Crippen LogP) is 4.71. The highest BCUT2D eigenvalue weighted by Gasteiger charge is 2.39. The molecule has 0 saturated carbocycles. The van der Waals surface area contributed by atoms with E-state index >= 15 is 0 Å². The number of pyridine rings is 1. The Morgan fingerprint density at radius 1 is 0.913 bits per heavy atom. The Morgan fingerprint density at radius 3 is 2.39 bits per heavy atom. The quantitative estimate of drug-likeness (QED) is 0.743. The van der Waals surface area contributed by atoms with Crippen molar-refractivity contribution in [3.8, 4) is 11.6 Å². The summed E-state index contributed by atoms with van der Waals surface area (Å²) in [6.45, 7) is 0. The summed E-state index contributed by atoms with van der Waals surface area (Å²) in [6, 6.07) is 19.0. The second-order valence-electron chi connectivity index (χ2n) is 5.53. The molecule has 2 atom stereocenters. The fraction of sp³-hybridized carbons (Fsp3) is 0.105. The largest absolute Gasteiger partial charge is 0.508 e. The SMILES string of the molecule is Oc1ccc(C2Oc3nccc(Cl)c3C2c2ccccc2)cc1. The average Bonchev–Trinajstić information content (AvgIpc) is 2.97. The number of aromatic hydroxyl groups is 1. The minimum Gasteiger partial charge on any atom is -0.508 e. The molecule has 0 aliphatic carbocycles. The average molecular weight is 324 g/mol. The molecule has 3 aromatic rings. The molecule has 23 heavy (non-hydrogen) atoms. The minimum absolute atomic E-state index is 0.0306. The summed E-state index contributed by atoms with van der Waals surface area (Å²) in [6.07, 6.45) is 1.43. The van der Waals surface area contributed by atoms with Gasteiger partial charge in [-0.1, -0.05) is 54.1 Å². The highest BCUT2D eigenvalue weighted by molar-refractivity contribution is 6.31. The number of aromatic nitrogens is 1. The fourth-order valence-corrected chi connectivity index (χ4v) is 3.33. The molecule has 1 aliphatic heterocycles. The Kier molecular flexibility index (Phi) is 3.43. The lowest BCUT2D eigenvalue weighted by Gasteiger charge is -2.20. The normalized spacial score (nSPS) is 19.2. The number of halogens is 1. The molecule has 1 aliphatic rings. The molecular weight excluding hydrogens is 310 g/mol. The lowest BCUT2D eigenvalue weighted by Crippen LogP contribution is -2.11. The number of rotatable bonds is 2. The van der Waals surface area contributed by atoms with Crippen LogP contribution >= 0.6 is 11.6 Å². The van der Waals surface area contributed by atoms with Gasteiger partial charge in [0.1, 0.15) is 11.9 Å². The van der Waals surface area contributed by atoms with Crippen molar-refractivity contribution in [3.05, 3.63) is 88.6 Å². The first-order chi connectivity index (χ1) is 11.2. The Bertz CT molecular complexity index is 834. The Balaban J connectivity index is 1.87. The summed E-state index contributed by atoms with van der Waals surface area (Å²) >= 11 is 6.43.